The molecule has 0 aliphatic rings. The highest BCUT2D eigenvalue weighted by Crippen LogP contribution is 2.33. The Morgan fingerprint density at radius 3 is 2.44 bits per heavy atom. The second-order valence-corrected chi connectivity index (χ2v) is 7.53. The van der Waals surface area contributed by atoms with Crippen molar-refractivity contribution in [2.24, 2.45) is 5.73 Å². The molecule has 0 atom stereocenters. The summed E-state index contributed by atoms with van der Waals surface area (Å²) in [7, 11) is -4.34. The van der Waals surface area contributed by atoms with Crippen molar-refractivity contribution in [2.45, 2.75) is 4.90 Å². The quantitative estimate of drug-likeness (QED) is 0.586. The molecule has 0 aromatic heterocycles. The number of carbonyl (C=O) groups excluding carboxylic acids is 1. The molecule has 0 unspecified atom stereocenters. The van der Waals surface area contributed by atoms with Gasteiger partial charge in [0.05, 0.1) is 20.5 Å². The number of halogens is 2. The van der Waals surface area contributed by atoms with Crippen molar-refractivity contribution in [3.8, 4) is 0 Å². The molecule has 0 saturated carbocycles. The highest BCUT2D eigenvalue weighted by molar-refractivity contribution is 7.92. The van der Waals surface area contributed by atoms with Crippen LogP contribution < -0.4 is 10.0 Å². The minimum Gasteiger partial charge on any atom is -0.368 e. The summed E-state index contributed by atoms with van der Waals surface area (Å²) in [6.07, 6.45) is 0. The van der Waals surface area contributed by atoms with Crippen molar-refractivity contribution in [3.05, 3.63) is 62.6 Å². The number of anilines is 1. The summed E-state index contributed by atoms with van der Waals surface area (Å²) in [5.74, 6) is -0.931. The van der Waals surface area contributed by atoms with Gasteiger partial charge in [0.15, 0.2) is 0 Å². The lowest BCUT2D eigenvalue weighted by Gasteiger charge is -2.24. The zero-order valence-electron chi connectivity index (χ0n) is 12.4. The Morgan fingerprint density at radius 1 is 1.20 bits per heavy atom. The number of benzene rings is 2. The number of non-ortho nitro benzene ring substituents is 1. The predicted octanol–water partition coefficient (Wildman–Crippen LogP) is 2.58. The van der Waals surface area contributed by atoms with E-state index in [1.807, 2.05) is 0 Å². The molecule has 2 N–H and O–H groups in total. The molecule has 1 amide bonds. The number of sulfonamides is 1. The first-order valence-corrected chi connectivity index (χ1v) is 8.83. The van der Waals surface area contributed by atoms with Crippen molar-refractivity contribution < 1.29 is 18.1 Å². The Labute approximate surface area is 152 Å². The van der Waals surface area contributed by atoms with Crippen LogP contribution in [0.3, 0.4) is 0 Å². The lowest BCUT2D eigenvalue weighted by Crippen LogP contribution is -2.38. The summed E-state index contributed by atoms with van der Waals surface area (Å²) in [6.45, 7) is -0.702. The Morgan fingerprint density at radius 2 is 1.88 bits per heavy atom. The van der Waals surface area contributed by atoms with Gasteiger partial charge in [0.1, 0.15) is 6.54 Å². The zero-order chi connectivity index (χ0) is 18.8. The van der Waals surface area contributed by atoms with Crippen LogP contribution in [0.2, 0.25) is 10.0 Å². The second kappa shape index (κ2) is 7.26. The van der Waals surface area contributed by atoms with E-state index in [0.29, 0.717) is 4.31 Å². The lowest BCUT2D eigenvalue weighted by molar-refractivity contribution is -0.385. The Balaban J connectivity index is 2.62. The topological polar surface area (TPSA) is 124 Å². The van der Waals surface area contributed by atoms with Crippen LogP contribution in [0.4, 0.5) is 11.4 Å². The number of primary amides is 1. The first-order chi connectivity index (χ1) is 11.6. The maximum Gasteiger partial charge on any atom is 0.270 e. The molecular formula is C14H11Cl2N3O5S. The van der Waals surface area contributed by atoms with E-state index in [4.69, 9.17) is 28.9 Å². The molecule has 0 spiro atoms. The third kappa shape index (κ3) is 4.19. The number of amides is 1. The minimum atomic E-state index is -4.34. The monoisotopic (exact) mass is 403 g/mol. The summed E-state index contributed by atoms with van der Waals surface area (Å²) in [5, 5.41) is 11.1. The third-order valence-electron chi connectivity index (χ3n) is 3.09. The fourth-order valence-corrected chi connectivity index (χ4v) is 4.06. The lowest BCUT2D eigenvalue weighted by atomic mass is 10.3. The first kappa shape index (κ1) is 19.0. The molecule has 132 valence electrons. The van der Waals surface area contributed by atoms with Crippen LogP contribution in [-0.2, 0) is 14.8 Å². The number of nitrogens with two attached hydrogens (primary N) is 1. The van der Waals surface area contributed by atoms with Gasteiger partial charge in [0.2, 0.25) is 5.91 Å². The molecule has 0 bridgehead atoms. The normalized spacial score (nSPS) is 11.1. The number of hydrogen-bond acceptors (Lipinski definition) is 5. The van der Waals surface area contributed by atoms with Gasteiger partial charge < -0.3 is 5.73 Å². The highest BCUT2D eigenvalue weighted by Gasteiger charge is 2.29. The largest absolute Gasteiger partial charge is 0.368 e. The standard InChI is InChI=1S/C14H11Cl2N3O5S/c15-9-4-5-13(12(16)6-9)18(8-14(17)20)25(23,24)11-3-1-2-10(7-11)19(21)22/h1-7H,8H2,(H2,17,20). The van der Waals surface area contributed by atoms with E-state index in [0.717, 1.165) is 12.1 Å². The summed E-state index contributed by atoms with van der Waals surface area (Å²) in [6, 6.07) is 8.41. The summed E-state index contributed by atoms with van der Waals surface area (Å²) in [5.41, 5.74) is 4.70. The van der Waals surface area contributed by atoms with Crippen molar-refractivity contribution in [1.29, 1.82) is 0 Å². The summed E-state index contributed by atoms with van der Waals surface area (Å²) >= 11 is 11.8. The van der Waals surface area contributed by atoms with Crippen molar-refractivity contribution in [3.63, 3.8) is 0 Å². The molecule has 11 heteroatoms. The molecule has 8 nitrogen and oxygen atoms in total. The molecule has 0 saturated heterocycles. The number of carbonyl (C=O) groups is 1. The number of hydrogen-bond donors (Lipinski definition) is 1. The Bertz CT molecular complexity index is 949. The maximum atomic E-state index is 12.9. The smallest absolute Gasteiger partial charge is 0.270 e. The van der Waals surface area contributed by atoms with Gasteiger partial charge in [-0.25, -0.2) is 8.42 Å². The number of rotatable bonds is 6. The molecule has 2 aromatic carbocycles. The van der Waals surface area contributed by atoms with E-state index in [1.54, 1.807) is 0 Å². The van der Waals surface area contributed by atoms with Gasteiger partial charge in [-0.05, 0) is 24.3 Å². The number of nitrogens with zero attached hydrogens (tertiary/aromatic N) is 2. The molecule has 0 radical (unpaired) electrons. The van der Waals surface area contributed by atoms with Crippen molar-refractivity contribution >= 4 is 50.5 Å². The molecule has 0 heterocycles. The van der Waals surface area contributed by atoms with E-state index < -0.39 is 33.1 Å². The van der Waals surface area contributed by atoms with Crippen LogP contribution in [0.25, 0.3) is 0 Å². The van der Waals surface area contributed by atoms with Gasteiger partial charge in [0, 0.05) is 17.2 Å². The summed E-state index contributed by atoms with van der Waals surface area (Å²) in [4.78, 5) is 21.1. The molecule has 0 fully saturated rings. The van der Waals surface area contributed by atoms with E-state index in [9.17, 15) is 23.3 Å². The predicted molar refractivity (Wildman–Crippen MR) is 93.3 cm³/mol. The van der Waals surface area contributed by atoms with Gasteiger partial charge in [-0.2, -0.15) is 0 Å². The zero-order valence-corrected chi connectivity index (χ0v) is 14.8. The van der Waals surface area contributed by atoms with Gasteiger partial charge in [-0.1, -0.05) is 29.3 Å². The average Bonchev–Trinajstić information content (AvgIpc) is 2.53. The van der Waals surface area contributed by atoms with E-state index in [1.165, 1.54) is 30.3 Å². The second-order valence-electron chi connectivity index (χ2n) is 4.83. The third-order valence-corrected chi connectivity index (χ3v) is 5.39. The van der Waals surface area contributed by atoms with Crippen molar-refractivity contribution in [2.75, 3.05) is 10.8 Å². The Hall–Kier alpha value is -2.36. The van der Waals surface area contributed by atoms with Crippen LogP contribution >= 0.6 is 23.2 Å². The number of nitro groups is 1. The molecule has 0 aliphatic heterocycles. The summed E-state index contributed by atoms with van der Waals surface area (Å²) < 4.78 is 26.4. The fraction of sp³-hybridized carbons (Fsp3) is 0.0714. The van der Waals surface area contributed by atoms with Crippen molar-refractivity contribution in [1.82, 2.24) is 0 Å². The van der Waals surface area contributed by atoms with Crippen LogP contribution in [0, 0.1) is 10.1 Å². The van der Waals surface area contributed by atoms with Gasteiger partial charge in [-0.3, -0.25) is 19.2 Å². The van der Waals surface area contributed by atoms with Gasteiger partial charge >= 0.3 is 0 Å². The van der Waals surface area contributed by atoms with E-state index in [2.05, 4.69) is 0 Å². The first-order valence-electron chi connectivity index (χ1n) is 6.63. The maximum absolute atomic E-state index is 12.9. The van der Waals surface area contributed by atoms with E-state index >= 15 is 0 Å². The average molecular weight is 404 g/mol. The van der Waals surface area contributed by atoms with Gasteiger partial charge in [-0.15, -0.1) is 0 Å². The molecule has 2 aromatic rings. The van der Waals surface area contributed by atoms with Crippen LogP contribution in [-0.4, -0.2) is 25.8 Å². The van der Waals surface area contributed by atoms with Crippen LogP contribution in [0.5, 0.6) is 0 Å². The highest BCUT2D eigenvalue weighted by atomic mass is 35.5. The molecule has 2 rings (SSSR count). The molecular weight excluding hydrogens is 393 g/mol. The SMILES string of the molecule is NC(=O)CN(c1ccc(Cl)cc1Cl)S(=O)(=O)c1cccc([N+](=O)[O-])c1. The minimum absolute atomic E-state index is 0.0252. The molecule has 25 heavy (non-hydrogen) atoms. The van der Waals surface area contributed by atoms with Crippen LogP contribution in [0.1, 0.15) is 0 Å². The van der Waals surface area contributed by atoms with E-state index in [-0.39, 0.29) is 20.6 Å². The van der Waals surface area contributed by atoms with Gasteiger partial charge in [0.25, 0.3) is 15.7 Å². The Kier molecular flexibility index (Phi) is 5.51. The van der Waals surface area contributed by atoms with Crippen LogP contribution in [0.15, 0.2) is 47.4 Å². The number of nitro benzene ring substituents is 1. The fourth-order valence-electron chi connectivity index (χ4n) is 2.01. The molecule has 0 aliphatic carbocycles.